The van der Waals surface area contributed by atoms with E-state index in [0.29, 0.717) is 11.5 Å². The molecule has 4 nitrogen and oxygen atoms in total. The first-order valence-corrected chi connectivity index (χ1v) is 10.4. The van der Waals surface area contributed by atoms with E-state index in [-0.39, 0.29) is 30.5 Å². The molecule has 1 aromatic rings. The molecule has 1 N–H and O–H groups in total. The third-order valence-corrected chi connectivity index (χ3v) is 5.37. The monoisotopic (exact) mass is 534 g/mol. The molecule has 166 valence electrons. The van der Waals surface area contributed by atoms with Crippen molar-refractivity contribution in [1.82, 2.24) is 15.1 Å². The summed E-state index contributed by atoms with van der Waals surface area (Å²) in [7, 11) is 0. The Morgan fingerprint density at radius 1 is 1.23 bits per heavy atom. The van der Waals surface area contributed by atoms with Crippen LogP contribution in [-0.4, -0.2) is 61.6 Å². The maximum absolute atomic E-state index is 12.8. The van der Waals surface area contributed by atoms with Crippen LogP contribution in [0.25, 0.3) is 0 Å². The zero-order valence-corrected chi connectivity index (χ0v) is 19.7. The van der Waals surface area contributed by atoms with Crippen LogP contribution < -0.4 is 5.32 Å². The number of rotatable bonds is 4. The van der Waals surface area contributed by atoms with Gasteiger partial charge in [0.25, 0.3) is 0 Å². The Bertz CT molecular complexity index is 764. The molecule has 2 aliphatic rings. The Morgan fingerprint density at radius 2 is 2.00 bits per heavy atom. The minimum Gasteiger partial charge on any atom is -0.356 e. The molecule has 0 aliphatic carbocycles. The van der Waals surface area contributed by atoms with Crippen LogP contribution in [0.4, 0.5) is 13.2 Å². The van der Waals surface area contributed by atoms with Crippen LogP contribution in [0, 0.1) is 17.8 Å². The van der Waals surface area contributed by atoms with Crippen molar-refractivity contribution < 1.29 is 13.2 Å². The van der Waals surface area contributed by atoms with E-state index in [1.54, 1.807) is 6.07 Å². The second-order valence-corrected chi connectivity index (χ2v) is 7.66. The van der Waals surface area contributed by atoms with Crippen LogP contribution in [0.1, 0.15) is 37.3 Å². The molecule has 1 aromatic carbocycles. The summed E-state index contributed by atoms with van der Waals surface area (Å²) >= 11 is 0. The number of nitrogens with zero attached hydrogens (tertiary/aromatic N) is 3. The van der Waals surface area contributed by atoms with E-state index >= 15 is 0 Å². The molecular weight excluding hydrogens is 504 g/mol. The second-order valence-electron chi connectivity index (χ2n) is 7.66. The van der Waals surface area contributed by atoms with Gasteiger partial charge in [-0.05, 0) is 63.4 Å². The van der Waals surface area contributed by atoms with Gasteiger partial charge in [-0.15, -0.1) is 24.0 Å². The van der Waals surface area contributed by atoms with Gasteiger partial charge in [-0.3, -0.25) is 0 Å². The number of nitrogens with one attached hydrogen (secondary N) is 1. The lowest BCUT2D eigenvalue weighted by atomic mass is 10.1. The molecule has 0 amide bonds. The van der Waals surface area contributed by atoms with E-state index in [9.17, 15) is 13.2 Å². The molecule has 0 spiro atoms. The fourth-order valence-electron chi connectivity index (χ4n) is 3.96. The topological polar surface area (TPSA) is 30.9 Å². The van der Waals surface area contributed by atoms with Crippen molar-refractivity contribution >= 4 is 29.9 Å². The van der Waals surface area contributed by atoms with E-state index in [1.807, 2.05) is 6.92 Å². The van der Waals surface area contributed by atoms with Gasteiger partial charge in [-0.1, -0.05) is 17.9 Å². The third-order valence-electron chi connectivity index (χ3n) is 5.37. The van der Waals surface area contributed by atoms with Crippen LogP contribution in [-0.2, 0) is 6.18 Å². The van der Waals surface area contributed by atoms with Crippen molar-refractivity contribution in [3.63, 3.8) is 0 Å². The lowest BCUT2D eigenvalue weighted by Crippen LogP contribution is -2.40. The standard InChI is InChI=1S/C22H29F3N4.HI/c1-2-26-21(29-14-10-19(17-29)16-28-12-3-4-13-28)27-11-6-8-18-7-5-9-20(15-18)22(23,24)25;/h5,7,9,15,19H,2-4,10-14,16-17H2,1H3,(H,26,27);1H. The Morgan fingerprint density at radius 3 is 2.70 bits per heavy atom. The summed E-state index contributed by atoms with van der Waals surface area (Å²) in [6, 6.07) is 5.09. The maximum Gasteiger partial charge on any atom is 0.416 e. The van der Waals surface area contributed by atoms with Gasteiger partial charge in [0, 0.05) is 31.7 Å². The molecular formula is C22H30F3IN4. The quantitative estimate of drug-likeness (QED) is 0.274. The number of aliphatic imine (C=N–C) groups is 1. The van der Waals surface area contributed by atoms with Crippen LogP contribution >= 0.6 is 24.0 Å². The molecule has 1 unspecified atom stereocenters. The Hall–Kier alpha value is -1.47. The van der Waals surface area contributed by atoms with Crippen molar-refractivity contribution in [3.05, 3.63) is 35.4 Å². The molecule has 0 radical (unpaired) electrons. The summed E-state index contributed by atoms with van der Waals surface area (Å²) < 4.78 is 38.4. The van der Waals surface area contributed by atoms with Gasteiger partial charge in [-0.2, -0.15) is 13.2 Å². The minimum atomic E-state index is -4.35. The summed E-state index contributed by atoms with van der Waals surface area (Å²) in [6.07, 6.45) is -0.567. The highest BCUT2D eigenvalue weighted by Crippen LogP contribution is 2.29. The van der Waals surface area contributed by atoms with Crippen LogP contribution in [0.15, 0.2) is 29.3 Å². The summed E-state index contributed by atoms with van der Waals surface area (Å²) in [5.74, 6) is 7.18. The molecule has 2 heterocycles. The smallest absolute Gasteiger partial charge is 0.356 e. The number of guanidine groups is 1. The highest BCUT2D eigenvalue weighted by atomic mass is 127. The van der Waals surface area contributed by atoms with E-state index in [1.165, 1.54) is 32.0 Å². The maximum atomic E-state index is 12.8. The van der Waals surface area contributed by atoms with Gasteiger partial charge >= 0.3 is 6.18 Å². The van der Waals surface area contributed by atoms with Gasteiger partial charge in [0.05, 0.1) is 5.56 Å². The molecule has 8 heteroatoms. The lowest BCUT2D eigenvalue weighted by Gasteiger charge is -2.23. The van der Waals surface area contributed by atoms with Gasteiger partial charge in [0.15, 0.2) is 5.96 Å². The summed E-state index contributed by atoms with van der Waals surface area (Å²) in [5, 5.41) is 3.31. The highest BCUT2D eigenvalue weighted by molar-refractivity contribution is 14.0. The first kappa shape index (κ1) is 24.8. The van der Waals surface area contributed by atoms with E-state index < -0.39 is 11.7 Å². The largest absolute Gasteiger partial charge is 0.416 e. The summed E-state index contributed by atoms with van der Waals surface area (Å²) in [4.78, 5) is 9.40. The SMILES string of the molecule is CCNC(=NCC#Cc1cccc(C(F)(F)F)c1)N1CCC(CN2CCCC2)C1.I. The second kappa shape index (κ2) is 11.8. The molecule has 30 heavy (non-hydrogen) atoms. The van der Waals surface area contributed by atoms with Crippen molar-refractivity contribution in [2.45, 2.75) is 32.4 Å². The minimum absolute atomic E-state index is 0. The number of benzene rings is 1. The zero-order valence-electron chi connectivity index (χ0n) is 17.3. The van der Waals surface area contributed by atoms with Crippen molar-refractivity contribution in [2.75, 3.05) is 45.8 Å². The van der Waals surface area contributed by atoms with Crippen LogP contribution in [0.5, 0.6) is 0 Å². The molecule has 1 atom stereocenters. The van der Waals surface area contributed by atoms with Crippen LogP contribution in [0.2, 0.25) is 0 Å². The molecule has 2 aliphatic heterocycles. The summed E-state index contributed by atoms with van der Waals surface area (Å²) in [6.45, 7) is 8.62. The predicted octanol–water partition coefficient (Wildman–Crippen LogP) is 4.06. The number of alkyl halides is 3. The normalized spacial score (nSPS) is 19.9. The average Bonchev–Trinajstić information content (AvgIpc) is 3.36. The first-order valence-electron chi connectivity index (χ1n) is 10.4. The predicted molar refractivity (Wildman–Crippen MR) is 125 cm³/mol. The van der Waals surface area contributed by atoms with E-state index in [0.717, 1.165) is 50.7 Å². The number of halogens is 4. The Kier molecular flexibility index (Phi) is 9.75. The zero-order chi connectivity index (χ0) is 20.7. The summed E-state index contributed by atoms with van der Waals surface area (Å²) in [5.41, 5.74) is -0.325. The van der Waals surface area contributed by atoms with Gasteiger partial charge in [-0.25, -0.2) is 4.99 Å². The lowest BCUT2D eigenvalue weighted by molar-refractivity contribution is -0.137. The molecule has 3 rings (SSSR count). The third kappa shape index (κ3) is 7.34. The number of hydrogen-bond acceptors (Lipinski definition) is 2. The van der Waals surface area contributed by atoms with Crippen LogP contribution in [0.3, 0.4) is 0 Å². The molecule has 0 bridgehead atoms. The Labute approximate surface area is 194 Å². The molecule has 2 fully saturated rings. The Balaban J connectivity index is 0.00000320. The fraction of sp³-hybridized carbons (Fsp3) is 0.591. The van der Waals surface area contributed by atoms with Gasteiger partial charge in [0.1, 0.15) is 6.54 Å². The van der Waals surface area contributed by atoms with Crippen molar-refractivity contribution in [3.8, 4) is 11.8 Å². The first-order chi connectivity index (χ1) is 14.0. The highest BCUT2D eigenvalue weighted by Gasteiger charge is 2.30. The van der Waals surface area contributed by atoms with E-state index in [4.69, 9.17) is 0 Å². The molecule has 2 saturated heterocycles. The fourth-order valence-corrected chi connectivity index (χ4v) is 3.96. The van der Waals surface area contributed by atoms with Crippen molar-refractivity contribution in [1.29, 1.82) is 0 Å². The van der Waals surface area contributed by atoms with Crippen molar-refractivity contribution in [2.24, 2.45) is 10.9 Å². The number of hydrogen-bond donors (Lipinski definition) is 1. The van der Waals surface area contributed by atoms with Gasteiger partial charge in [0.2, 0.25) is 0 Å². The molecule has 0 saturated carbocycles. The molecule has 0 aromatic heterocycles. The number of likely N-dealkylation sites (tertiary alicyclic amines) is 2. The van der Waals surface area contributed by atoms with Gasteiger partial charge < -0.3 is 15.1 Å². The average molecular weight is 534 g/mol. The van der Waals surface area contributed by atoms with E-state index in [2.05, 4.69) is 31.9 Å².